The van der Waals surface area contributed by atoms with Crippen LogP contribution in [0.3, 0.4) is 0 Å². The molecule has 1 aliphatic heterocycles. The number of piperidine rings is 1. The largest absolute Gasteiger partial charge is 0.356 e. The zero-order valence-electron chi connectivity index (χ0n) is 15.5. The molecule has 3 rings (SSSR count). The van der Waals surface area contributed by atoms with Crippen LogP contribution in [0, 0.1) is 0 Å². The molecule has 0 radical (unpaired) electrons. The standard InChI is InChI=1S/C20H29ClN4.HI/c1-3-11-25-12-7-18(8-13-25)24-19(22-2)23-15-20(9-10-20)16-5-4-6-17(21)14-16;/h3-6,14,18H,1,7-13,15H2,2H3,(H2,22,23,24);1H. The molecule has 1 heterocycles. The minimum atomic E-state index is 0. The molecule has 1 aromatic rings. The highest BCUT2D eigenvalue weighted by Crippen LogP contribution is 2.48. The number of hydrogen-bond acceptors (Lipinski definition) is 2. The molecule has 0 atom stereocenters. The fraction of sp³-hybridized carbons (Fsp3) is 0.550. The van der Waals surface area contributed by atoms with Crippen LogP contribution in [0.15, 0.2) is 41.9 Å². The van der Waals surface area contributed by atoms with Gasteiger partial charge in [0.1, 0.15) is 0 Å². The Kier molecular flexibility index (Phi) is 8.23. The Balaban J connectivity index is 0.00000243. The molecular weight excluding hydrogens is 459 g/mol. The molecule has 26 heavy (non-hydrogen) atoms. The third kappa shape index (κ3) is 5.60. The second-order valence-corrected chi connectivity index (χ2v) is 7.66. The molecule has 0 spiro atoms. The highest BCUT2D eigenvalue weighted by atomic mass is 127. The van der Waals surface area contributed by atoms with E-state index in [9.17, 15) is 0 Å². The highest BCUT2D eigenvalue weighted by Gasteiger charge is 2.44. The molecule has 0 amide bonds. The number of aliphatic imine (C=N–C) groups is 1. The van der Waals surface area contributed by atoms with E-state index in [1.807, 2.05) is 25.3 Å². The van der Waals surface area contributed by atoms with E-state index in [0.717, 1.165) is 50.0 Å². The van der Waals surface area contributed by atoms with E-state index in [4.69, 9.17) is 11.6 Å². The van der Waals surface area contributed by atoms with Crippen LogP contribution in [-0.4, -0.2) is 50.1 Å². The lowest BCUT2D eigenvalue weighted by molar-refractivity contribution is 0.225. The van der Waals surface area contributed by atoms with Crippen molar-refractivity contribution in [3.8, 4) is 0 Å². The number of nitrogens with zero attached hydrogens (tertiary/aromatic N) is 2. The molecule has 2 N–H and O–H groups in total. The number of guanidine groups is 1. The Labute approximate surface area is 179 Å². The number of likely N-dealkylation sites (tertiary alicyclic amines) is 1. The molecule has 0 bridgehead atoms. The molecule has 0 unspecified atom stereocenters. The van der Waals surface area contributed by atoms with Gasteiger partial charge in [0, 0.05) is 49.7 Å². The van der Waals surface area contributed by atoms with Gasteiger partial charge in [-0.3, -0.25) is 9.89 Å². The van der Waals surface area contributed by atoms with Crippen molar-refractivity contribution in [1.82, 2.24) is 15.5 Å². The molecule has 144 valence electrons. The Hall–Kier alpha value is -0.790. The highest BCUT2D eigenvalue weighted by molar-refractivity contribution is 14.0. The minimum absolute atomic E-state index is 0. The van der Waals surface area contributed by atoms with E-state index in [1.54, 1.807) is 0 Å². The normalized spacial score (nSPS) is 20.2. The van der Waals surface area contributed by atoms with E-state index < -0.39 is 0 Å². The maximum Gasteiger partial charge on any atom is 0.191 e. The van der Waals surface area contributed by atoms with E-state index in [0.29, 0.717) is 6.04 Å². The first kappa shape index (κ1) is 21.5. The number of hydrogen-bond donors (Lipinski definition) is 2. The summed E-state index contributed by atoms with van der Waals surface area (Å²) < 4.78 is 0. The maximum absolute atomic E-state index is 6.17. The number of halogens is 2. The summed E-state index contributed by atoms with van der Waals surface area (Å²) in [5, 5.41) is 7.95. The average molecular weight is 489 g/mol. The fourth-order valence-electron chi connectivity index (χ4n) is 3.62. The molecule has 4 nitrogen and oxygen atoms in total. The van der Waals surface area contributed by atoms with Gasteiger partial charge in [-0.1, -0.05) is 29.8 Å². The lowest BCUT2D eigenvalue weighted by atomic mass is 9.96. The average Bonchev–Trinajstić information content (AvgIpc) is 3.41. The summed E-state index contributed by atoms with van der Waals surface area (Å²) >= 11 is 6.17. The molecule has 6 heteroatoms. The summed E-state index contributed by atoms with van der Waals surface area (Å²) in [7, 11) is 1.85. The smallest absolute Gasteiger partial charge is 0.191 e. The first-order chi connectivity index (χ1) is 12.1. The summed E-state index contributed by atoms with van der Waals surface area (Å²) in [5.41, 5.74) is 1.55. The second-order valence-electron chi connectivity index (χ2n) is 7.22. The minimum Gasteiger partial charge on any atom is -0.356 e. The van der Waals surface area contributed by atoms with Crippen LogP contribution in [-0.2, 0) is 5.41 Å². The van der Waals surface area contributed by atoms with Crippen LogP contribution < -0.4 is 10.6 Å². The van der Waals surface area contributed by atoms with Crippen molar-refractivity contribution in [3.05, 3.63) is 47.5 Å². The SMILES string of the molecule is C=CCN1CCC(NC(=NC)NCC2(c3cccc(Cl)c3)CC2)CC1.I. The topological polar surface area (TPSA) is 39.7 Å². The summed E-state index contributed by atoms with van der Waals surface area (Å²) in [6.45, 7) is 7.95. The van der Waals surface area contributed by atoms with Gasteiger partial charge >= 0.3 is 0 Å². The van der Waals surface area contributed by atoms with Crippen LogP contribution in [0.25, 0.3) is 0 Å². The van der Waals surface area contributed by atoms with Gasteiger partial charge in [-0.15, -0.1) is 30.6 Å². The van der Waals surface area contributed by atoms with E-state index >= 15 is 0 Å². The summed E-state index contributed by atoms with van der Waals surface area (Å²) in [4.78, 5) is 6.86. The summed E-state index contributed by atoms with van der Waals surface area (Å²) in [5.74, 6) is 0.912. The molecule has 0 aromatic heterocycles. The quantitative estimate of drug-likeness (QED) is 0.277. The molecular formula is C20H30ClIN4. The van der Waals surface area contributed by atoms with Gasteiger partial charge in [-0.25, -0.2) is 0 Å². The lowest BCUT2D eigenvalue weighted by Gasteiger charge is -2.32. The monoisotopic (exact) mass is 488 g/mol. The molecule has 2 fully saturated rings. The summed E-state index contributed by atoms with van der Waals surface area (Å²) in [6.07, 6.45) is 6.69. The molecule has 1 saturated heterocycles. The van der Waals surface area contributed by atoms with Gasteiger partial charge in [-0.05, 0) is 43.4 Å². The van der Waals surface area contributed by atoms with Crippen LogP contribution in [0.2, 0.25) is 5.02 Å². The first-order valence-corrected chi connectivity index (χ1v) is 9.59. The van der Waals surface area contributed by atoms with Crippen LogP contribution in [0.5, 0.6) is 0 Å². The Bertz CT molecular complexity index is 622. The first-order valence-electron chi connectivity index (χ1n) is 9.22. The van der Waals surface area contributed by atoms with Crippen LogP contribution in [0.4, 0.5) is 0 Å². The molecule has 2 aliphatic rings. The van der Waals surface area contributed by atoms with Crippen molar-refractivity contribution in [2.45, 2.75) is 37.1 Å². The van der Waals surface area contributed by atoms with Gasteiger partial charge in [-0.2, -0.15) is 0 Å². The zero-order valence-corrected chi connectivity index (χ0v) is 18.6. The van der Waals surface area contributed by atoms with E-state index in [-0.39, 0.29) is 29.4 Å². The Morgan fingerprint density at radius 3 is 2.69 bits per heavy atom. The van der Waals surface area contributed by atoms with E-state index in [2.05, 4.69) is 39.2 Å². The number of nitrogens with one attached hydrogen (secondary N) is 2. The predicted octanol–water partition coefficient (Wildman–Crippen LogP) is 3.81. The number of benzene rings is 1. The molecule has 1 aromatic carbocycles. The second kappa shape index (κ2) is 9.95. The predicted molar refractivity (Wildman–Crippen MR) is 122 cm³/mol. The fourth-order valence-corrected chi connectivity index (χ4v) is 3.81. The Morgan fingerprint density at radius 1 is 1.38 bits per heavy atom. The molecule has 1 saturated carbocycles. The van der Waals surface area contributed by atoms with Gasteiger partial charge < -0.3 is 10.6 Å². The van der Waals surface area contributed by atoms with Crippen LogP contribution in [0.1, 0.15) is 31.2 Å². The van der Waals surface area contributed by atoms with Crippen molar-refractivity contribution in [1.29, 1.82) is 0 Å². The van der Waals surface area contributed by atoms with Crippen molar-refractivity contribution in [2.75, 3.05) is 33.2 Å². The third-order valence-electron chi connectivity index (χ3n) is 5.42. The van der Waals surface area contributed by atoms with Crippen molar-refractivity contribution < 1.29 is 0 Å². The van der Waals surface area contributed by atoms with Gasteiger partial charge in [0.2, 0.25) is 0 Å². The van der Waals surface area contributed by atoms with Crippen molar-refractivity contribution in [3.63, 3.8) is 0 Å². The summed E-state index contributed by atoms with van der Waals surface area (Å²) in [6, 6.07) is 8.76. The van der Waals surface area contributed by atoms with Gasteiger partial charge in [0.15, 0.2) is 5.96 Å². The lowest BCUT2D eigenvalue weighted by Crippen LogP contribution is -2.49. The van der Waals surface area contributed by atoms with Gasteiger partial charge in [0.25, 0.3) is 0 Å². The Morgan fingerprint density at radius 2 is 2.12 bits per heavy atom. The van der Waals surface area contributed by atoms with Gasteiger partial charge in [0.05, 0.1) is 0 Å². The zero-order chi connectivity index (χ0) is 17.7. The van der Waals surface area contributed by atoms with Crippen LogP contribution >= 0.6 is 35.6 Å². The van der Waals surface area contributed by atoms with E-state index in [1.165, 1.54) is 18.4 Å². The van der Waals surface area contributed by atoms with Crippen molar-refractivity contribution in [2.24, 2.45) is 4.99 Å². The maximum atomic E-state index is 6.17. The third-order valence-corrected chi connectivity index (χ3v) is 5.66. The molecule has 1 aliphatic carbocycles. The van der Waals surface area contributed by atoms with Crippen molar-refractivity contribution >= 4 is 41.5 Å². The number of rotatable bonds is 6.